The van der Waals surface area contributed by atoms with Gasteiger partial charge in [0.2, 0.25) is 0 Å². The molecule has 0 N–H and O–H groups in total. The molecule has 0 spiro atoms. The zero-order valence-electron chi connectivity index (χ0n) is 9.53. The van der Waals surface area contributed by atoms with Crippen molar-refractivity contribution in [3.05, 3.63) is 34.6 Å². The minimum Gasteiger partial charge on any atom is -0.461 e. The van der Waals surface area contributed by atoms with Crippen LogP contribution in [0.25, 0.3) is 11.0 Å². The van der Waals surface area contributed by atoms with Gasteiger partial charge in [0.15, 0.2) is 5.69 Å². The number of hydrogen-bond acceptors (Lipinski definition) is 4. The molecule has 4 nitrogen and oxygen atoms in total. The molecular weight excluding hydrogens is 240 g/mol. The van der Waals surface area contributed by atoms with Crippen LogP contribution in [-0.2, 0) is 4.74 Å². The van der Waals surface area contributed by atoms with Crippen molar-refractivity contribution in [2.75, 3.05) is 6.61 Å². The molecule has 1 aromatic heterocycles. The largest absolute Gasteiger partial charge is 0.461 e. The van der Waals surface area contributed by atoms with Crippen LogP contribution in [0.5, 0.6) is 0 Å². The maximum atomic E-state index is 11.6. The van der Waals surface area contributed by atoms with Crippen LogP contribution in [0.4, 0.5) is 0 Å². The van der Waals surface area contributed by atoms with Crippen LogP contribution in [0, 0.1) is 6.92 Å². The van der Waals surface area contributed by atoms with Gasteiger partial charge >= 0.3 is 5.97 Å². The van der Waals surface area contributed by atoms with E-state index in [0.717, 1.165) is 0 Å². The smallest absolute Gasteiger partial charge is 0.358 e. The molecule has 5 heteroatoms. The van der Waals surface area contributed by atoms with Gasteiger partial charge in [0.05, 0.1) is 23.3 Å². The molecule has 0 radical (unpaired) electrons. The fourth-order valence-corrected chi connectivity index (χ4v) is 1.67. The molecule has 0 saturated carbocycles. The van der Waals surface area contributed by atoms with Crippen molar-refractivity contribution in [3.8, 4) is 0 Å². The minimum atomic E-state index is -0.450. The Kier molecular flexibility index (Phi) is 3.24. The van der Waals surface area contributed by atoms with Crippen LogP contribution in [0.3, 0.4) is 0 Å². The Morgan fingerprint density at radius 2 is 2.12 bits per heavy atom. The van der Waals surface area contributed by atoms with Crippen molar-refractivity contribution in [1.82, 2.24) is 9.97 Å². The summed E-state index contributed by atoms with van der Waals surface area (Å²) in [6.07, 6.45) is 0. The highest BCUT2D eigenvalue weighted by molar-refractivity contribution is 6.31. The van der Waals surface area contributed by atoms with Gasteiger partial charge in [-0.05, 0) is 32.0 Å². The molecule has 88 valence electrons. The summed E-state index contributed by atoms with van der Waals surface area (Å²) in [7, 11) is 0. The van der Waals surface area contributed by atoms with E-state index in [4.69, 9.17) is 16.3 Å². The molecule has 1 aromatic carbocycles. The van der Waals surface area contributed by atoms with Crippen LogP contribution in [0.15, 0.2) is 18.2 Å². The Bertz CT molecular complexity index is 584. The number of benzene rings is 1. The zero-order valence-corrected chi connectivity index (χ0v) is 10.3. The molecule has 0 aliphatic heterocycles. The number of esters is 1. The highest BCUT2D eigenvalue weighted by atomic mass is 35.5. The summed E-state index contributed by atoms with van der Waals surface area (Å²) in [5, 5.41) is 0.593. The van der Waals surface area contributed by atoms with Gasteiger partial charge in [0.25, 0.3) is 0 Å². The third-order valence-electron chi connectivity index (χ3n) is 2.27. The zero-order chi connectivity index (χ0) is 12.4. The molecule has 0 amide bonds. The summed E-state index contributed by atoms with van der Waals surface area (Å²) in [5.74, 6) is -0.450. The van der Waals surface area contributed by atoms with Crippen LogP contribution < -0.4 is 0 Å². The highest BCUT2D eigenvalue weighted by Crippen LogP contribution is 2.18. The number of rotatable bonds is 2. The quantitative estimate of drug-likeness (QED) is 0.769. The number of carbonyl (C=O) groups is 1. The standard InChI is InChI=1S/C12H11ClN2O2/c1-3-17-12(16)11-7(2)14-10-6-8(13)4-5-9(10)15-11/h4-6H,3H2,1-2H3. The Morgan fingerprint density at radius 1 is 1.35 bits per heavy atom. The van der Waals surface area contributed by atoms with Gasteiger partial charge in [0.1, 0.15) is 0 Å². The molecule has 1 heterocycles. The number of hydrogen-bond donors (Lipinski definition) is 0. The number of fused-ring (bicyclic) bond motifs is 1. The molecule has 0 unspecified atom stereocenters. The summed E-state index contributed by atoms with van der Waals surface area (Å²) in [5.41, 5.74) is 2.09. The first kappa shape index (κ1) is 11.8. The predicted octanol–water partition coefficient (Wildman–Crippen LogP) is 2.77. The molecule has 2 rings (SSSR count). The van der Waals surface area contributed by atoms with E-state index in [1.54, 1.807) is 32.0 Å². The maximum absolute atomic E-state index is 11.6. The first-order chi connectivity index (χ1) is 8.11. The molecule has 17 heavy (non-hydrogen) atoms. The van der Waals surface area contributed by atoms with E-state index < -0.39 is 5.97 Å². The lowest BCUT2D eigenvalue weighted by molar-refractivity contribution is 0.0518. The summed E-state index contributed by atoms with van der Waals surface area (Å²) in [6.45, 7) is 3.79. The lowest BCUT2D eigenvalue weighted by atomic mass is 10.2. The van der Waals surface area contributed by atoms with E-state index in [0.29, 0.717) is 28.4 Å². The van der Waals surface area contributed by atoms with E-state index in [9.17, 15) is 4.79 Å². The summed E-state index contributed by atoms with van der Waals surface area (Å²) >= 11 is 5.86. The molecule has 0 saturated heterocycles. The number of ether oxygens (including phenoxy) is 1. The van der Waals surface area contributed by atoms with Crippen LogP contribution in [0.1, 0.15) is 23.1 Å². The van der Waals surface area contributed by atoms with Gasteiger partial charge < -0.3 is 4.74 Å². The molecule has 0 bridgehead atoms. The van der Waals surface area contributed by atoms with Crippen molar-refractivity contribution in [3.63, 3.8) is 0 Å². The second-order valence-corrected chi connectivity index (χ2v) is 3.95. The predicted molar refractivity (Wildman–Crippen MR) is 65.2 cm³/mol. The first-order valence-electron chi connectivity index (χ1n) is 5.23. The lowest BCUT2D eigenvalue weighted by Gasteiger charge is -2.05. The van der Waals surface area contributed by atoms with Gasteiger partial charge in [-0.2, -0.15) is 0 Å². The highest BCUT2D eigenvalue weighted by Gasteiger charge is 2.14. The van der Waals surface area contributed by atoms with E-state index in [1.165, 1.54) is 0 Å². The van der Waals surface area contributed by atoms with Crippen LogP contribution in [-0.4, -0.2) is 22.5 Å². The number of nitrogens with zero attached hydrogens (tertiary/aromatic N) is 2. The van der Waals surface area contributed by atoms with Crippen LogP contribution >= 0.6 is 11.6 Å². The van der Waals surface area contributed by atoms with Crippen molar-refractivity contribution >= 4 is 28.6 Å². The number of aromatic nitrogens is 2. The maximum Gasteiger partial charge on any atom is 0.358 e. The molecule has 0 aliphatic carbocycles. The average molecular weight is 251 g/mol. The SMILES string of the molecule is CCOC(=O)c1nc2ccc(Cl)cc2nc1C. The topological polar surface area (TPSA) is 52.1 Å². The molecule has 0 fully saturated rings. The Labute approximate surface area is 104 Å². The van der Waals surface area contributed by atoms with Gasteiger partial charge in [-0.15, -0.1) is 0 Å². The monoisotopic (exact) mass is 250 g/mol. The number of halogens is 1. The van der Waals surface area contributed by atoms with Gasteiger partial charge in [-0.3, -0.25) is 0 Å². The fourth-order valence-electron chi connectivity index (χ4n) is 1.51. The third-order valence-corrected chi connectivity index (χ3v) is 2.50. The normalized spacial score (nSPS) is 10.5. The van der Waals surface area contributed by atoms with Crippen molar-refractivity contribution < 1.29 is 9.53 Å². The fraction of sp³-hybridized carbons (Fsp3) is 0.250. The molecule has 2 aromatic rings. The summed E-state index contributed by atoms with van der Waals surface area (Å²) in [4.78, 5) is 20.2. The second kappa shape index (κ2) is 4.67. The van der Waals surface area contributed by atoms with E-state index in [1.807, 2.05) is 0 Å². The van der Waals surface area contributed by atoms with Gasteiger partial charge in [0, 0.05) is 5.02 Å². The van der Waals surface area contributed by atoms with Crippen molar-refractivity contribution in [1.29, 1.82) is 0 Å². The average Bonchev–Trinajstić information content (AvgIpc) is 2.28. The third kappa shape index (κ3) is 2.36. The van der Waals surface area contributed by atoms with E-state index >= 15 is 0 Å². The first-order valence-corrected chi connectivity index (χ1v) is 5.60. The summed E-state index contributed by atoms with van der Waals surface area (Å²) < 4.78 is 4.91. The minimum absolute atomic E-state index is 0.252. The lowest BCUT2D eigenvalue weighted by Crippen LogP contribution is -2.10. The van der Waals surface area contributed by atoms with Gasteiger partial charge in [-0.1, -0.05) is 11.6 Å². The van der Waals surface area contributed by atoms with Gasteiger partial charge in [-0.25, -0.2) is 14.8 Å². The van der Waals surface area contributed by atoms with Crippen LogP contribution in [0.2, 0.25) is 5.02 Å². The summed E-state index contributed by atoms with van der Waals surface area (Å²) in [6, 6.07) is 5.15. The number of carbonyl (C=O) groups excluding carboxylic acids is 1. The Hall–Kier alpha value is -1.68. The molecule has 0 aliphatic rings. The Morgan fingerprint density at radius 3 is 2.82 bits per heavy atom. The second-order valence-electron chi connectivity index (χ2n) is 3.51. The van der Waals surface area contributed by atoms with Crippen molar-refractivity contribution in [2.24, 2.45) is 0 Å². The number of aryl methyl sites for hydroxylation is 1. The van der Waals surface area contributed by atoms with E-state index in [2.05, 4.69) is 9.97 Å². The molecular formula is C12H11ClN2O2. The van der Waals surface area contributed by atoms with Crippen molar-refractivity contribution in [2.45, 2.75) is 13.8 Å². The molecule has 0 atom stereocenters. The Balaban J connectivity index is 2.55. The van der Waals surface area contributed by atoms with E-state index in [-0.39, 0.29) is 5.69 Å².